The molecule has 15 heavy (non-hydrogen) atoms. The fourth-order valence-electron chi connectivity index (χ4n) is 3.04. The molecule has 1 saturated carbocycles. The molecule has 0 aromatic heterocycles. The molecule has 1 heteroatoms. The zero-order valence-electron chi connectivity index (χ0n) is 8.97. The van der Waals surface area contributed by atoms with Gasteiger partial charge in [0, 0.05) is 12.6 Å². The van der Waals surface area contributed by atoms with Crippen LogP contribution in [0.5, 0.6) is 0 Å². The van der Waals surface area contributed by atoms with E-state index in [0.29, 0.717) is 0 Å². The summed E-state index contributed by atoms with van der Waals surface area (Å²) < 4.78 is 0. The van der Waals surface area contributed by atoms with Gasteiger partial charge in [0.05, 0.1) is 0 Å². The highest BCUT2D eigenvalue weighted by Gasteiger charge is 2.55. The van der Waals surface area contributed by atoms with Crippen molar-refractivity contribution in [3.05, 3.63) is 48.6 Å². The van der Waals surface area contributed by atoms with Crippen LogP contribution in [-0.4, -0.2) is 17.5 Å². The topological polar surface area (TPSA) is 3.24 Å². The van der Waals surface area contributed by atoms with E-state index in [0.717, 1.165) is 24.4 Å². The van der Waals surface area contributed by atoms with Crippen LogP contribution >= 0.6 is 0 Å². The predicted molar refractivity (Wildman–Crippen MR) is 62.4 cm³/mol. The highest BCUT2D eigenvalue weighted by molar-refractivity contribution is 5.19. The Balaban J connectivity index is 1.68. The summed E-state index contributed by atoms with van der Waals surface area (Å²) in [6, 6.07) is 11.6. The third-order valence-corrected chi connectivity index (χ3v) is 3.86. The molecule has 2 aliphatic rings. The monoisotopic (exact) mass is 199 g/mol. The molecule has 0 unspecified atom stereocenters. The number of piperidine rings is 1. The number of hydrogen-bond donors (Lipinski definition) is 0. The van der Waals surface area contributed by atoms with Crippen LogP contribution in [0.3, 0.4) is 0 Å². The second kappa shape index (κ2) is 3.49. The minimum Gasteiger partial charge on any atom is -0.295 e. The lowest BCUT2D eigenvalue weighted by Crippen LogP contribution is -2.24. The van der Waals surface area contributed by atoms with Gasteiger partial charge in [-0.15, -0.1) is 6.58 Å². The first-order valence-electron chi connectivity index (χ1n) is 5.80. The van der Waals surface area contributed by atoms with Crippen LogP contribution in [0.25, 0.3) is 0 Å². The van der Waals surface area contributed by atoms with Crippen molar-refractivity contribution in [3.63, 3.8) is 0 Å². The van der Waals surface area contributed by atoms with Crippen molar-refractivity contribution in [1.82, 2.24) is 4.90 Å². The lowest BCUT2D eigenvalue weighted by atomic mass is 10.2. The number of fused-ring (bicyclic) bond motifs is 1. The fraction of sp³-hybridized carbons (Fsp3) is 0.429. The maximum absolute atomic E-state index is 3.92. The van der Waals surface area contributed by atoms with E-state index in [-0.39, 0.29) is 0 Å². The van der Waals surface area contributed by atoms with E-state index in [1.165, 1.54) is 18.5 Å². The summed E-state index contributed by atoms with van der Waals surface area (Å²) in [4.78, 5) is 2.62. The first-order valence-corrected chi connectivity index (χ1v) is 5.80. The van der Waals surface area contributed by atoms with Crippen LogP contribution < -0.4 is 0 Å². The van der Waals surface area contributed by atoms with Gasteiger partial charge in [-0.05, 0) is 30.4 Å². The van der Waals surface area contributed by atoms with Crippen LogP contribution in [0.4, 0.5) is 0 Å². The van der Waals surface area contributed by atoms with Gasteiger partial charge in [0.15, 0.2) is 0 Å². The summed E-state index contributed by atoms with van der Waals surface area (Å²) in [5, 5.41) is 0. The highest BCUT2D eigenvalue weighted by atomic mass is 15.2. The molecule has 1 nitrogen and oxygen atoms in total. The van der Waals surface area contributed by atoms with E-state index in [9.17, 15) is 0 Å². The average Bonchev–Trinajstić information content (AvgIpc) is 2.86. The predicted octanol–water partition coefficient (Wildman–Crippen LogP) is 2.69. The molecule has 2 fully saturated rings. The van der Waals surface area contributed by atoms with Gasteiger partial charge in [-0.2, -0.15) is 0 Å². The lowest BCUT2D eigenvalue weighted by Gasteiger charge is -2.18. The van der Waals surface area contributed by atoms with E-state index in [1.54, 1.807) is 0 Å². The maximum atomic E-state index is 3.92. The third-order valence-electron chi connectivity index (χ3n) is 3.86. The molecule has 1 aliphatic carbocycles. The van der Waals surface area contributed by atoms with Gasteiger partial charge in [0.1, 0.15) is 0 Å². The molecule has 78 valence electrons. The molecule has 3 atom stereocenters. The van der Waals surface area contributed by atoms with E-state index < -0.39 is 0 Å². The second-order valence-electron chi connectivity index (χ2n) is 4.71. The molecule has 0 spiro atoms. The minimum atomic E-state index is 0.780. The zero-order chi connectivity index (χ0) is 10.3. The summed E-state index contributed by atoms with van der Waals surface area (Å²) in [7, 11) is 0. The maximum Gasteiger partial charge on any atom is 0.0237 e. The molecule has 0 amide bonds. The third kappa shape index (κ3) is 1.51. The van der Waals surface area contributed by atoms with Crippen molar-refractivity contribution in [2.75, 3.05) is 6.54 Å². The van der Waals surface area contributed by atoms with E-state index >= 15 is 0 Å². The van der Waals surface area contributed by atoms with Gasteiger partial charge in [-0.1, -0.05) is 36.4 Å². The molecule has 0 radical (unpaired) electrons. The Kier molecular flexibility index (Phi) is 2.14. The number of hydrogen-bond acceptors (Lipinski definition) is 1. The van der Waals surface area contributed by atoms with Crippen LogP contribution in [0.1, 0.15) is 12.0 Å². The molecule has 0 bridgehead atoms. The standard InChI is InChI=1S/C14H17N/c1-2-12-13-8-9-15(14(12)13)10-11-6-4-3-5-7-11/h2-7,12-14H,1,8-10H2/t12-,13-,14+/m1/s1. The molecular formula is C14H17N. The van der Waals surface area contributed by atoms with E-state index in [2.05, 4.69) is 47.9 Å². The van der Waals surface area contributed by atoms with Crippen molar-refractivity contribution in [2.45, 2.75) is 19.0 Å². The summed E-state index contributed by atoms with van der Waals surface area (Å²) in [5.74, 6) is 1.70. The normalized spacial score (nSPS) is 33.7. The van der Waals surface area contributed by atoms with Crippen LogP contribution in [0.2, 0.25) is 0 Å². The molecule has 3 rings (SSSR count). The van der Waals surface area contributed by atoms with E-state index in [1.807, 2.05) is 0 Å². The summed E-state index contributed by atoms with van der Waals surface area (Å²) in [6.07, 6.45) is 3.51. The Bertz CT molecular complexity index is 357. The quantitative estimate of drug-likeness (QED) is 0.676. The largest absolute Gasteiger partial charge is 0.295 e. The van der Waals surface area contributed by atoms with Crippen LogP contribution in [-0.2, 0) is 6.54 Å². The number of nitrogens with zero attached hydrogens (tertiary/aromatic N) is 1. The van der Waals surface area contributed by atoms with Crippen molar-refractivity contribution in [3.8, 4) is 0 Å². The smallest absolute Gasteiger partial charge is 0.0237 e. The first-order chi connectivity index (χ1) is 7.40. The SMILES string of the molecule is C=C[C@@H]1[C@H]2CCN(Cc3ccccc3)[C@@H]12. The lowest BCUT2D eigenvalue weighted by molar-refractivity contribution is 0.280. The van der Waals surface area contributed by atoms with Crippen molar-refractivity contribution in [2.24, 2.45) is 11.8 Å². The van der Waals surface area contributed by atoms with Gasteiger partial charge >= 0.3 is 0 Å². The molecule has 1 heterocycles. The van der Waals surface area contributed by atoms with Crippen molar-refractivity contribution >= 4 is 0 Å². The Hall–Kier alpha value is -1.08. The summed E-state index contributed by atoms with van der Waals surface area (Å²) in [5.41, 5.74) is 1.44. The summed E-state index contributed by atoms with van der Waals surface area (Å²) >= 11 is 0. The van der Waals surface area contributed by atoms with Crippen molar-refractivity contribution < 1.29 is 0 Å². The highest BCUT2D eigenvalue weighted by Crippen LogP contribution is 2.51. The minimum absolute atomic E-state index is 0.780. The van der Waals surface area contributed by atoms with E-state index in [4.69, 9.17) is 0 Å². The number of benzene rings is 1. The van der Waals surface area contributed by atoms with Gasteiger partial charge < -0.3 is 0 Å². The Morgan fingerprint density at radius 1 is 1.33 bits per heavy atom. The Morgan fingerprint density at radius 2 is 2.13 bits per heavy atom. The van der Waals surface area contributed by atoms with Gasteiger partial charge in [0.2, 0.25) is 0 Å². The van der Waals surface area contributed by atoms with Gasteiger partial charge in [-0.25, -0.2) is 0 Å². The molecule has 1 aliphatic heterocycles. The average molecular weight is 199 g/mol. The first kappa shape index (κ1) is 9.17. The number of likely N-dealkylation sites (tertiary alicyclic amines) is 1. The molecular weight excluding hydrogens is 182 g/mol. The van der Waals surface area contributed by atoms with Gasteiger partial charge in [-0.3, -0.25) is 4.90 Å². The molecule has 1 aromatic rings. The van der Waals surface area contributed by atoms with Gasteiger partial charge in [0.25, 0.3) is 0 Å². The van der Waals surface area contributed by atoms with Crippen LogP contribution in [0, 0.1) is 11.8 Å². The zero-order valence-corrected chi connectivity index (χ0v) is 8.97. The molecule has 1 aromatic carbocycles. The van der Waals surface area contributed by atoms with Crippen LogP contribution in [0.15, 0.2) is 43.0 Å². The Labute approximate surface area is 91.4 Å². The summed E-state index contributed by atoms with van der Waals surface area (Å²) in [6.45, 7) is 6.31. The molecule has 0 N–H and O–H groups in total. The van der Waals surface area contributed by atoms with Crippen molar-refractivity contribution in [1.29, 1.82) is 0 Å². The number of rotatable bonds is 3. The molecule has 1 saturated heterocycles. The Morgan fingerprint density at radius 3 is 2.80 bits per heavy atom. The fourth-order valence-corrected chi connectivity index (χ4v) is 3.04. The second-order valence-corrected chi connectivity index (χ2v) is 4.71.